The number of amides is 1. The molecule has 0 spiro atoms. The Hall–Kier alpha value is -0.890. The molecule has 6 heteroatoms. The van der Waals surface area contributed by atoms with Crippen molar-refractivity contribution in [2.75, 3.05) is 0 Å². The van der Waals surface area contributed by atoms with Crippen LogP contribution in [0.15, 0.2) is 39.5 Å². The zero-order valence-electron chi connectivity index (χ0n) is 8.61. The third-order valence-electron chi connectivity index (χ3n) is 2.09. The number of hydrogen-bond acceptors (Lipinski definition) is 3. The summed E-state index contributed by atoms with van der Waals surface area (Å²) in [4.78, 5) is 11.9. The van der Waals surface area contributed by atoms with Crippen LogP contribution in [0.4, 0.5) is 0 Å². The van der Waals surface area contributed by atoms with Crippen molar-refractivity contribution in [1.82, 2.24) is 10.5 Å². The molecule has 88 valence electrons. The molecule has 0 unspecified atom stereocenters. The van der Waals surface area contributed by atoms with Gasteiger partial charge in [-0.1, -0.05) is 5.16 Å². The molecule has 1 heterocycles. The lowest BCUT2D eigenvalue weighted by molar-refractivity contribution is 0.0949. The number of carbonyl (C=O) groups is 1. The fourth-order valence-electron chi connectivity index (χ4n) is 1.27. The van der Waals surface area contributed by atoms with Crippen molar-refractivity contribution in [3.63, 3.8) is 0 Å². The molecule has 1 aromatic carbocycles. The van der Waals surface area contributed by atoms with E-state index in [4.69, 9.17) is 0 Å². The summed E-state index contributed by atoms with van der Waals surface area (Å²) in [5.41, 5.74) is 1.31. The molecule has 2 rings (SSSR count). The number of nitrogens with one attached hydrogen (secondary N) is 1. The van der Waals surface area contributed by atoms with E-state index >= 15 is 0 Å². The van der Waals surface area contributed by atoms with Crippen molar-refractivity contribution in [2.24, 2.45) is 0 Å². The summed E-state index contributed by atoms with van der Waals surface area (Å²) in [6.07, 6.45) is 1.48. The SMILES string of the molecule is O=C(NCc1ccon1)c1cc(I)ccc1Br. The highest BCUT2D eigenvalue weighted by atomic mass is 127. The van der Waals surface area contributed by atoms with Crippen LogP contribution >= 0.6 is 38.5 Å². The Morgan fingerprint density at radius 1 is 1.47 bits per heavy atom. The first-order valence-electron chi connectivity index (χ1n) is 4.79. The summed E-state index contributed by atoms with van der Waals surface area (Å²) in [5, 5.41) is 6.49. The van der Waals surface area contributed by atoms with Gasteiger partial charge in [-0.25, -0.2) is 0 Å². The van der Waals surface area contributed by atoms with Gasteiger partial charge in [0.05, 0.1) is 12.1 Å². The summed E-state index contributed by atoms with van der Waals surface area (Å²) in [6.45, 7) is 0.354. The van der Waals surface area contributed by atoms with Gasteiger partial charge in [0, 0.05) is 14.1 Å². The zero-order valence-corrected chi connectivity index (χ0v) is 12.4. The van der Waals surface area contributed by atoms with E-state index in [0.29, 0.717) is 17.8 Å². The first-order valence-corrected chi connectivity index (χ1v) is 6.66. The molecule has 2 aromatic rings. The largest absolute Gasteiger partial charge is 0.364 e. The second kappa shape index (κ2) is 5.63. The van der Waals surface area contributed by atoms with Crippen molar-refractivity contribution in [1.29, 1.82) is 0 Å². The van der Waals surface area contributed by atoms with Gasteiger partial charge < -0.3 is 9.84 Å². The maximum absolute atomic E-state index is 11.9. The average Bonchev–Trinajstić information content (AvgIpc) is 2.82. The number of nitrogens with zero attached hydrogens (tertiary/aromatic N) is 1. The van der Waals surface area contributed by atoms with Crippen molar-refractivity contribution in [3.05, 3.63) is 49.8 Å². The van der Waals surface area contributed by atoms with Crippen LogP contribution in [0.3, 0.4) is 0 Å². The zero-order chi connectivity index (χ0) is 12.3. The van der Waals surface area contributed by atoms with Crippen LogP contribution in [0.5, 0.6) is 0 Å². The van der Waals surface area contributed by atoms with Crippen molar-refractivity contribution >= 4 is 44.4 Å². The predicted molar refractivity (Wildman–Crippen MR) is 74.5 cm³/mol. The number of aromatic nitrogens is 1. The first kappa shape index (κ1) is 12.6. The molecule has 4 nitrogen and oxygen atoms in total. The monoisotopic (exact) mass is 406 g/mol. The summed E-state index contributed by atoms with van der Waals surface area (Å²) in [6, 6.07) is 7.32. The smallest absolute Gasteiger partial charge is 0.252 e. The van der Waals surface area contributed by atoms with Gasteiger partial charge >= 0.3 is 0 Å². The molecule has 0 atom stereocenters. The van der Waals surface area contributed by atoms with E-state index in [2.05, 4.69) is 53.5 Å². The van der Waals surface area contributed by atoms with Crippen LogP contribution in [-0.4, -0.2) is 11.1 Å². The van der Waals surface area contributed by atoms with Crippen LogP contribution in [0, 0.1) is 3.57 Å². The van der Waals surface area contributed by atoms with Crippen molar-refractivity contribution in [2.45, 2.75) is 6.54 Å². The maximum Gasteiger partial charge on any atom is 0.252 e. The van der Waals surface area contributed by atoms with Gasteiger partial charge in [0.15, 0.2) is 0 Å². The standard InChI is InChI=1S/C11H8BrIN2O2/c12-10-2-1-7(13)5-9(10)11(16)14-6-8-3-4-17-15-8/h1-5H,6H2,(H,14,16). The van der Waals surface area contributed by atoms with E-state index in [-0.39, 0.29) is 5.91 Å². The van der Waals surface area contributed by atoms with Gasteiger partial charge in [-0.3, -0.25) is 4.79 Å². The molecular formula is C11H8BrIN2O2. The number of halogens is 2. The quantitative estimate of drug-likeness (QED) is 0.797. The molecule has 1 amide bonds. The Morgan fingerprint density at radius 2 is 2.29 bits per heavy atom. The van der Waals surface area contributed by atoms with Gasteiger partial charge in [0.1, 0.15) is 12.0 Å². The molecule has 1 N–H and O–H groups in total. The van der Waals surface area contributed by atoms with Crippen LogP contribution in [0.1, 0.15) is 16.1 Å². The Bertz CT molecular complexity index is 528. The predicted octanol–water partition coefficient (Wildman–Crippen LogP) is 2.97. The fourth-order valence-corrected chi connectivity index (χ4v) is 2.18. The highest BCUT2D eigenvalue weighted by Gasteiger charge is 2.10. The summed E-state index contributed by atoms with van der Waals surface area (Å²) in [7, 11) is 0. The minimum Gasteiger partial charge on any atom is -0.364 e. The van der Waals surface area contributed by atoms with Gasteiger partial charge in [0.25, 0.3) is 5.91 Å². The Morgan fingerprint density at radius 3 is 3.00 bits per heavy atom. The normalized spacial score (nSPS) is 10.2. The van der Waals surface area contributed by atoms with Crippen LogP contribution in [-0.2, 0) is 6.54 Å². The molecule has 0 radical (unpaired) electrons. The van der Waals surface area contributed by atoms with Gasteiger partial charge in [0.2, 0.25) is 0 Å². The highest BCUT2D eigenvalue weighted by molar-refractivity contribution is 14.1. The topological polar surface area (TPSA) is 55.1 Å². The molecule has 17 heavy (non-hydrogen) atoms. The lowest BCUT2D eigenvalue weighted by Crippen LogP contribution is -2.23. The molecule has 1 aromatic heterocycles. The highest BCUT2D eigenvalue weighted by Crippen LogP contribution is 2.19. The second-order valence-electron chi connectivity index (χ2n) is 3.30. The van der Waals surface area contributed by atoms with Crippen LogP contribution < -0.4 is 5.32 Å². The van der Waals surface area contributed by atoms with E-state index in [9.17, 15) is 4.79 Å². The first-order chi connectivity index (χ1) is 8.16. The lowest BCUT2D eigenvalue weighted by atomic mass is 10.2. The summed E-state index contributed by atoms with van der Waals surface area (Å²) < 4.78 is 6.47. The molecular weight excluding hydrogens is 399 g/mol. The van der Waals surface area contributed by atoms with E-state index in [0.717, 1.165) is 8.04 Å². The van der Waals surface area contributed by atoms with Gasteiger partial charge in [-0.15, -0.1) is 0 Å². The number of hydrogen-bond donors (Lipinski definition) is 1. The fraction of sp³-hybridized carbons (Fsp3) is 0.0909. The Kier molecular flexibility index (Phi) is 4.16. The summed E-state index contributed by atoms with van der Waals surface area (Å²) in [5.74, 6) is -0.140. The minimum atomic E-state index is -0.140. The van der Waals surface area contributed by atoms with Crippen molar-refractivity contribution in [3.8, 4) is 0 Å². The van der Waals surface area contributed by atoms with Gasteiger partial charge in [-0.2, -0.15) is 0 Å². The van der Waals surface area contributed by atoms with Crippen molar-refractivity contribution < 1.29 is 9.32 Å². The van der Waals surface area contributed by atoms with Crippen LogP contribution in [0.25, 0.3) is 0 Å². The van der Waals surface area contributed by atoms with Gasteiger partial charge in [-0.05, 0) is 56.7 Å². The molecule has 0 aliphatic carbocycles. The average molecular weight is 407 g/mol. The van der Waals surface area contributed by atoms with E-state index < -0.39 is 0 Å². The summed E-state index contributed by atoms with van der Waals surface area (Å²) >= 11 is 5.52. The third kappa shape index (κ3) is 3.29. The number of benzene rings is 1. The Labute approximate surface area is 120 Å². The molecule has 0 fully saturated rings. The van der Waals surface area contributed by atoms with E-state index in [1.807, 2.05) is 18.2 Å². The Balaban J connectivity index is 2.07. The number of rotatable bonds is 3. The number of carbonyl (C=O) groups excluding carboxylic acids is 1. The molecule has 0 saturated carbocycles. The molecule has 0 saturated heterocycles. The molecule has 0 aliphatic heterocycles. The lowest BCUT2D eigenvalue weighted by Gasteiger charge is -2.05. The maximum atomic E-state index is 11.9. The van der Waals surface area contributed by atoms with E-state index in [1.54, 1.807) is 6.07 Å². The van der Waals surface area contributed by atoms with E-state index in [1.165, 1.54) is 6.26 Å². The second-order valence-corrected chi connectivity index (χ2v) is 5.40. The van der Waals surface area contributed by atoms with Crippen LogP contribution in [0.2, 0.25) is 0 Å². The molecule has 0 aliphatic rings. The molecule has 0 bridgehead atoms. The third-order valence-corrected chi connectivity index (χ3v) is 3.46. The minimum absolute atomic E-state index is 0.140.